The van der Waals surface area contributed by atoms with Gasteiger partial charge in [-0.15, -0.1) is 0 Å². The number of carboxylic acid groups (broad SMARTS) is 1. The molecule has 0 aliphatic heterocycles. The Hall–Kier alpha value is -2.15. The summed E-state index contributed by atoms with van der Waals surface area (Å²) in [5.74, 6) is 0.496. The van der Waals surface area contributed by atoms with E-state index >= 15 is 0 Å². The summed E-state index contributed by atoms with van der Waals surface area (Å²) in [5.41, 5.74) is 0.701. The third-order valence-corrected chi connectivity index (χ3v) is 3.03. The molecule has 7 heteroatoms. The van der Waals surface area contributed by atoms with Crippen LogP contribution < -0.4 is 4.74 Å². The second-order valence-corrected chi connectivity index (χ2v) is 4.73. The number of ether oxygens (including phenoxy) is 1. The zero-order valence-corrected chi connectivity index (χ0v) is 12.1. The van der Waals surface area contributed by atoms with E-state index in [0.29, 0.717) is 23.0 Å². The average molecular weight is 339 g/mol. The van der Waals surface area contributed by atoms with Crippen LogP contribution in [0.3, 0.4) is 0 Å². The molecule has 2 aromatic rings. The lowest BCUT2D eigenvalue weighted by Crippen LogP contribution is -1.96. The molecule has 6 nitrogen and oxygen atoms in total. The minimum Gasteiger partial charge on any atom is -0.484 e. The van der Waals surface area contributed by atoms with Gasteiger partial charge < -0.3 is 14.4 Å². The van der Waals surface area contributed by atoms with Gasteiger partial charge in [0.15, 0.2) is 12.4 Å². The molecule has 1 aromatic heterocycles. The molecule has 0 spiro atoms. The molecule has 0 amide bonds. The first kappa shape index (κ1) is 14.3. The van der Waals surface area contributed by atoms with E-state index < -0.39 is 5.97 Å². The van der Waals surface area contributed by atoms with Crippen molar-refractivity contribution in [3.05, 3.63) is 46.0 Å². The lowest BCUT2D eigenvalue weighted by atomic mass is 10.2. The largest absolute Gasteiger partial charge is 0.484 e. The second kappa shape index (κ2) is 6.33. The van der Waals surface area contributed by atoms with Crippen LogP contribution in [0.4, 0.5) is 0 Å². The van der Waals surface area contributed by atoms with E-state index in [0.717, 1.165) is 10.5 Å². The molecule has 0 atom stereocenters. The Balaban J connectivity index is 2.08. The summed E-state index contributed by atoms with van der Waals surface area (Å²) < 4.78 is 11.2. The zero-order valence-electron chi connectivity index (χ0n) is 10.5. The minimum atomic E-state index is -1.01. The lowest BCUT2D eigenvalue weighted by molar-refractivity contribution is -0.131. The molecule has 1 N–H and O–H groups in total. The van der Waals surface area contributed by atoms with Crippen molar-refractivity contribution in [2.24, 2.45) is 0 Å². The molecule has 0 fully saturated rings. The molecule has 0 bridgehead atoms. The normalized spacial score (nSPS) is 10.9. The number of nitrogens with zero attached hydrogens (tertiary/aromatic N) is 2. The van der Waals surface area contributed by atoms with Gasteiger partial charge in [0, 0.05) is 10.5 Å². The van der Waals surface area contributed by atoms with Gasteiger partial charge in [0.05, 0.1) is 0 Å². The fourth-order valence-corrected chi connectivity index (χ4v) is 1.82. The van der Waals surface area contributed by atoms with E-state index in [1.807, 2.05) is 0 Å². The van der Waals surface area contributed by atoms with Crippen molar-refractivity contribution in [1.29, 1.82) is 0 Å². The van der Waals surface area contributed by atoms with Gasteiger partial charge in [-0.1, -0.05) is 21.1 Å². The Morgan fingerprint density at radius 1 is 1.55 bits per heavy atom. The van der Waals surface area contributed by atoms with Gasteiger partial charge in [-0.25, -0.2) is 4.79 Å². The average Bonchev–Trinajstić information content (AvgIpc) is 2.82. The van der Waals surface area contributed by atoms with Gasteiger partial charge in [-0.2, -0.15) is 4.98 Å². The third kappa shape index (κ3) is 3.92. The first-order valence-electron chi connectivity index (χ1n) is 5.67. The summed E-state index contributed by atoms with van der Waals surface area (Å²) in [6.07, 6.45) is 2.54. The number of carboxylic acids is 1. The highest BCUT2D eigenvalue weighted by Crippen LogP contribution is 2.24. The standard InChI is InChI=1S/C13H11BrN2O4/c1-8-15-12(20-16-8)7-19-10-3-4-11(14)9(6-10)2-5-13(17)18/h2-6H,7H2,1H3,(H,17,18)/b5-2+. The van der Waals surface area contributed by atoms with E-state index in [2.05, 4.69) is 26.1 Å². The van der Waals surface area contributed by atoms with Crippen LogP contribution in [0, 0.1) is 6.92 Å². The number of aryl methyl sites for hydroxylation is 1. The number of benzene rings is 1. The zero-order chi connectivity index (χ0) is 14.5. The van der Waals surface area contributed by atoms with Crippen LogP contribution in [0.2, 0.25) is 0 Å². The van der Waals surface area contributed by atoms with Gasteiger partial charge >= 0.3 is 5.97 Å². The van der Waals surface area contributed by atoms with Crippen molar-refractivity contribution >= 4 is 28.0 Å². The number of carbonyl (C=O) groups is 1. The number of aromatic nitrogens is 2. The van der Waals surface area contributed by atoms with E-state index in [1.165, 1.54) is 6.08 Å². The maximum absolute atomic E-state index is 10.5. The van der Waals surface area contributed by atoms with Crippen molar-refractivity contribution in [3.63, 3.8) is 0 Å². The fraction of sp³-hybridized carbons (Fsp3) is 0.154. The molecule has 0 aliphatic carbocycles. The first-order valence-corrected chi connectivity index (χ1v) is 6.46. The SMILES string of the molecule is Cc1noc(COc2ccc(Br)c(/C=C/C(=O)O)c2)n1. The summed E-state index contributed by atoms with van der Waals surface area (Å²) in [7, 11) is 0. The van der Waals surface area contributed by atoms with Crippen molar-refractivity contribution < 1.29 is 19.2 Å². The summed E-state index contributed by atoms with van der Waals surface area (Å²) in [4.78, 5) is 14.5. The van der Waals surface area contributed by atoms with Crippen molar-refractivity contribution in [1.82, 2.24) is 10.1 Å². The predicted molar refractivity (Wildman–Crippen MR) is 74.2 cm³/mol. The predicted octanol–water partition coefficient (Wildman–Crippen LogP) is 2.82. The van der Waals surface area contributed by atoms with Crippen molar-refractivity contribution in [3.8, 4) is 5.75 Å². The van der Waals surface area contributed by atoms with Gasteiger partial charge in [-0.05, 0) is 36.8 Å². The summed E-state index contributed by atoms with van der Waals surface area (Å²) in [5, 5.41) is 12.3. The topological polar surface area (TPSA) is 85.5 Å². The fourth-order valence-electron chi connectivity index (χ4n) is 1.44. The van der Waals surface area contributed by atoms with Gasteiger partial charge in [0.25, 0.3) is 5.89 Å². The molecule has 0 unspecified atom stereocenters. The number of halogens is 1. The number of rotatable bonds is 5. The van der Waals surface area contributed by atoms with Crippen molar-refractivity contribution in [2.75, 3.05) is 0 Å². The summed E-state index contributed by atoms with van der Waals surface area (Å²) >= 11 is 3.34. The minimum absolute atomic E-state index is 0.157. The quantitative estimate of drug-likeness (QED) is 0.843. The highest BCUT2D eigenvalue weighted by atomic mass is 79.9. The highest BCUT2D eigenvalue weighted by Gasteiger charge is 2.05. The summed E-state index contributed by atoms with van der Waals surface area (Å²) in [6.45, 7) is 1.88. The number of hydrogen-bond acceptors (Lipinski definition) is 5. The lowest BCUT2D eigenvalue weighted by Gasteiger charge is -2.05. The monoisotopic (exact) mass is 338 g/mol. The van der Waals surface area contributed by atoms with Crippen LogP contribution in [0.1, 0.15) is 17.3 Å². The number of hydrogen-bond donors (Lipinski definition) is 1. The van der Waals surface area contributed by atoms with Gasteiger partial charge in [-0.3, -0.25) is 0 Å². The number of aliphatic carboxylic acids is 1. The van der Waals surface area contributed by atoms with Crippen LogP contribution in [-0.4, -0.2) is 21.2 Å². The summed E-state index contributed by atoms with van der Waals surface area (Å²) in [6, 6.07) is 5.24. The Labute approximate surface area is 123 Å². The first-order chi connectivity index (χ1) is 9.54. The van der Waals surface area contributed by atoms with Crippen LogP contribution in [-0.2, 0) is 11.4 Å². The Morgan fingerprint density at radius 3 is 3.00 bits per heavy atom. The molecule has 0 saturated carbocycles. The van der Waals surface area contributed by atoms with Crippen molar-refractivity contribution in [2.45, 2.75) is 13.5 Å². The molecule has 104 valence electrons. The second-order valence-electron chi connectivity index (χ2n) is 3.88. The Bertz CT molecular complexity index is 652. The maximum Gasteiger partial charge on any atom is 0.328 e. The van der Waals surface area contributed by atoms with Gasteiger partial charge in [0.2, 0.25) is 0 Å². The molecule has 0 aliphatic rings. The third-order valence-electron chi connectivity index (χ3n) is 2.30. The highest BCUT2D eigenvalue weighted by molar-refractivity contribution is 9.10. The van der Waals surface area contributed by atoms with Crippen LogP contribution >= 0.6 is 15.9 Å². The van der Waals surface area contributed by atoms with Crippen LogP contribution in [0.15, 0.2) is 33.3 Å². The molecule has 0 radical (unpaired) electrons. The Kier molecular flexibility index (Phi) is 4.52. The van der Waals surface area contributed by atoms with E-state index in [-0.39, 0.29) is 6.61 Å². The smallest absolute Gasteiger partial charge is 0.328 e. The van der Waals surface area contributed by atoms with Gasteiger partial charge in [0.1, 0.15) is 5.75 Å². The molecule has 0 saturated heterocycles. The van der Waals surface area contributed by atoms with E-state index in [9.17, 15) is 4.79 Å². The molecule has 20 heavy (non-hydrogen) atoms. The van der Waals surface area contributed by atoms with E-state index in [4.69, 9.17) is 14.4 Å². The molecule has 1 aromatic carbocycles. The van der Waals surface area contributed by atoms with E-state index in [1.54, 1.807) is 25.1 Å². The molecular formula is C13H11BrN2O4. The molecule has 1 heterocycles. The molecular weight excluding hydrogens is 328 g/mol. The van der Waals surface area contributed by atoms with Crippen LogP contribution in [0.25, 0.3) is 6.08 Å². The Morgan fingerprint density at radius 2 is 2.35 bits per heavy atom. The maximum atomic E-state index is 10.5. The van der Waals surface area contributed by atoms with Crippen LogP contribution in [0.5, 0.6) is 5.75 Å². The molecule has 2 rings (SSSR count).